The molecule has 1 unspecified atom stereocenters. The first-order valence-electron chi connectivity index (χ1n) is 5.70. The van der Waals surface area contributed by atoms with Crippen LogP contribution in [0, 0.1) is 19.7 Å². The van der Waals surface area contributed by atoms with Crippen LogP contribution in [-0.4, -0.2) is 5.11 Å². The highest BCUT2D eigenvalue weighted by atomic mass is 35.5. The third kappa shape index (κ3) is 2.40. The van der Waals surface area contributed by atoms with Crippen molar-refractivity contribution >= 4 is 11.6 Å². The Bertz CT molecular complexity index is 557. The fourth-order valence-corrected chi connectivity index (χ4v) is 2.44. The van der Waals surface area contributed by atoms with E-state index in [1.54, 1.807) is 26.0 Å². The lowest BCUT2D eigenvalue weighted by molar-refractivity contribution is 0.218. The minimum atomic E-state index is -0.834. The summed E-state index contributed by atoms with van der Waals surface area (Å²) in [6.07, 6.45) is -0.834. The molecule has 0 aromatic heterocycles. The average molecular weight is 265 g/mol. The molecule has 3 heteroatoms. The second kappa shape index (κ2) is 5.09. The van der Waals surface area contributed by atoms with Crippen LogP contribution in [0.4, 0.5) is 4.39 Å². The van der Waals surface area contributed by atoms with Crippen molar-refractivity contribution in [2.75, 3.05) is 0 Å². The Labute approximate surface area is 111 Å². The van der Waals surface area contributed by atoms with E-state index in [1.807, 2.05) is 12.1 Å². The van der Waals surface area contributed by atoms with Crippen molar-refractivity contribution in [1.82, 2.24) is 0 Å². The molecule has 18 heavy (non-hydrogen) atoms. The Kier molecular flexibility index (Phi) is 3.69. The maximum Gasteiger partial charge on any atom is 0.123 e. The van der Waals surface area contributed by atoms with Gasteiger partial charge in [-0.2, -0.15) is 0 Å². The molecule has 94 valence electrons. The van der Waals surface area contributed by atoms with Crippen LogP contribution in [0.5, 0.6) is 0 Å². The van der Waals surface area contributed by atoms with Crippen molar-refractivity contribution in [3.8, 4) is 0 Å². The Balaban J connectivity index is 2.53. The van der Waals surface area contributed by atoms with Crippen LogP contribution >= 0.6 is 11.6 Å². The average Bonchev–Trinajstić information content (AvgIpc) is 2.27. The molecule has 0 aliphatic rings. The highest BCUT2D eigenvalue weighted by molar-refractivity contribution is 6.31. The summed E-state index contributed by atoms with van der Waals surface area (Å²) in [7, 11) is 0. The van der Waals surface area contributed by atoms with Gasteiger partial charge in [-0.1, -0.05) is 29.8 Å². The Morgan fingerprint density at radius 1 is 1.11 bits per heavy atom. The van der Waals surface area contributed by atoms with Crippen LogP contribution in [0.3, 0.4) is 0 Å². The second-order valence-electron chi connectivity index (χ2n) is 4.38. The second-order valence-corrected chi connectivity index (χ2v) is 4.78. The predicted octanol–water partition coefficient (Wildman–Crippen LogP) is 4.18. The smallest absolute Gasteiger partial charge is 0.123 e. The van der Waals surface area contributed by atoms with E-state index in [-0.39, 0.29) is 5.82 Å². The van der Waals surface area contributed by atoms with Gasteiger partial charge in [0, 0.05) is 10.6 Å². The van der Waals surface area contributed by atoms with Crippen molar-refractivity contribution < 1.29 is 9.50 Å². The zero-order chi connectivity index (χ0) is 13.3. The van der Waals surface area contributed by atoms with Crippen LogP contribution in [0.25, 0.3) is 0 Å². The third-order valence-electron chi connectivity index (χ3n) is 3.03. The number of halogens is 2. The van der Waals surface area contributed by atoms with Gasteiger partial charge in [-0.05, 0) is 48.7 Å². The van der Waals surface area contributed by atoms with E-state index < -0.39 is 6.10 Å². The zero-order valence-corrected chi connectivity index (χ0v) is 11.0. The third-order valence-corrected chi connectivity index (χ3v) is 3.38. The van der Waals surface area contributed by atoms with Gasteiger partial charge < -0.3 is 5.11 Å². The van der Waals surface area contributed by atoms with Crippen molar-refractivity contribution in [2.24, 2.45) is 0 Å². The molecule has 0 spiro atoms. The molecule has 0 heterocycles. The minimum absolute atomic E-state index is 0.292. The van der Waals surface area contributed by atoms with Crippen LogP contribution in [0.2, 0.25) is 5.02 Å². The standard InChI is InChI=1S/C15H14ClFO/c1-9-7-11(17)8-10(2)14(9)15(18)12-5-3-4-6-13(12)16/h3-8,15,18H,1-2H3. The van der Waals surface area contributed by atoms with Crippen molar-refractivity contribution in [3.05, 3.63) is 69.5 Å². The van der Waals surface area contributed by atoms with Crippen LogP contribution in [0.1, 0.15) is 28.4 Å². The van der Waals surface area contributed by atoms with E-state index >= 15 is 0 Å². The lowest BCUT2D eigenvalue weighted by atomic mass is 9.93. The summed E-state index contributed by atoms with van der Waals surface area (Å²) in [5, 5.41) is 10.9. The predicted molar refractivity (Wildman–Crippen MR) is 71.4 cm³/mol. The molecule has 2 aromatic rings. The molecular formula is C15H14ClFO. The molecule has 1 nitrogen and oxygen atoms in total. The molecule has 1 N–H and O–H groups in total. The van der Waals surface area contributed by atoms with E-state index in [2.05, 4.69) is 0 Å². The fraction of sp³-hybridized carbons (Fsp3) is 0.200. The molecule has 1 atom stereocenters. The summed E-state index contributed by atoms with van der Waals surface area (Å²) in [6.45, 7) is 3.57. The summed E-state index contributed by atoms with van der Waals surface area (Å²) in [6, 6.07) is 9.97. The van der Waals surface area contributed by atoms with Crippen LogP contribution < -0.4 is 0 Å². The van der Waals surface area contributed by atoms with Gasteiger partial charge in [-0.3, -0.25) is 0 Å². The molecule has 0 fully saturated rings. The van der Waals surface area contributed by atoms with Crippen molar-refractivity contribution in [1.29, 1.82) is 0 Å². The molecule has 0 aliphatic carbocycles. The molecule has 0 saturated carbocycles. The van der Waals surface area contributed by atoms with Gasteiger partial charge in [-0.15, -0.1) is 0 Å². The molecule has 0 radical (unpaired) electrons. The summed E-state index contributed by atoms with van der Waals surface area (Å²) in [4.78, 5) is 0. The van der Waals surface area contributed by atoms with E-state index in [0.717, 1.165) is 11.1 Å². The SMILES string of the molecule is Cc1cc(F)cc(C)c1C(O)c1ccccc1Cl. The Morgan fingerprint density at radius 2 is 1.67 bits per heavy atom. The van der Waals surface area contributed by atoms with Crippen LogP contribution in [-0.2, 0) is 0 Å². The maximum absolute atomic E-state index is 13.2. The molecule has 0 aliphatic heterocycles. The van der Waals surface area contributed by atoms with Crippen molar-refractivity contribution in [2.45, 2.75) is 20.0 Å². The Hall–Kier alpha value is -1.38. The van der Waals surface area contributed by atoms with Gasteiger partial charge in [0.2, 0.25) is 0 Å². The highest BCUT2D eigenvalue weighted by Crippen LogP contribution is 2.32. The minimum Gasteiger partial charge on any atom is -0.384 e. The van der Waals surface area contributed by atoms with E-state index in [4.69, 9.17) is 11.6 Å². The van der Waals surface area contributed by atoms with Gasteiger partial charge in [-0.25, -0.2) is 4.39 Å². The number of aryl methyl sites for hydroxylation is 2. The van der Waals surface area contributed by atoms with Crippen LogP contribution in [0.15, 0.2) is 36.4 Å². The van der Waals surface area contributed by atoms with E-state index in [9.17, 15) is 9.50 Å². The monoisotopic (exact) mass is 264 g/mol. The summed E-state index contributed by atoms with van der Waals surface area (Å²) >= 11 is 6.07. The first kappa shape index (κ1) is 13.1. The van der Waals surface area contributed by atoms with Gasteiger partial charge in [0.1, 0.15) is 11.9 Å². The number of aliphatic hydroxyl groups is 1. The quantitative estimate of drug-likeness (QED) is 0.863. The normalized spacial score (nSPS) is 12.5. The lowest BCUT2D eigenvalue weighted by Gasteiger charge is -2.18. The number of rotatable bonds is 2. The molecule has 0 amide bonds. The number of aliphatic hydroxyl groups excluding tert-OH is 1. The maximum atomic E-state index is 13.2. The topological polar surface area (TPSA) is 20.2 Å². The summed E-state index contributed by atoms with van der Waals surface area (Å²) in [5.74, 6) is -0.292. The first-order valence-corrected chi connectivity index (χ1v) is 6.07. The number of hydrogen-bond donors (Lipinski definition) is 1. The molecule has 2 aromatic carbocycles. The van der Waals surface area contributed by atoms with Gasteiger partial charge in [0.25, 0.3) is 0 Å². The molecule has 0 bridgehead atoms. The largest absolute Gasteiger partial charge is 0.384 e. The molecule has 2 rings (SSSR count). The first-order chi connectivity index (χ1) is 8.50. The fourth-order valence-electron chi connectivity index (χ4n) is 2.21. The van der Waals surface area contributed by atoms with Crippen molar-refractivity contribution in [3.63, 3.8) is 0 Å². The number of hydrogen-bond acceptors (Lipinski definition) is 1. The summed E-state index contributed by atoms with van der Waals surface area (Å²) < 4.78 is 13.2. The summed E-state index contributed by atoms with van der Waals surface area (Å²) in [5.41, 5.74) is 2.79. The van der Waals surface area contributed by atoms with E-state index in [1.165, 1.54) is 12.1 Å². The number of benzene rings is 2. The van der Waals surface area contributed by atoms with E-state index in [0.29, 0.717) is 16.1 Å². The van der Waals surface area contributed by atoms with Gasteiger partial charge in [0.05, 0.1) is 0 Å². The lowest BCUT2D eigenvalue weighted by Crippen LogP contribution is -2.05. The highest BCUT2D eigenvalue weighted by Gasteiger charge is 2.18. The van der Waals surface area contributed by atoms with Gasteiger partial charge in [0.15, 0.2) is 0 Å². The molecular weight excluding hydrogens is 251 g/mol. The molecule has 0 saturated heterocycles. The zero-order valence-electron chi connectivity index (χ0n) is 10.2. The Morgan fingerprint density at radius 3 is 2.22 bits per heavy atom. The van der Waals surface area contributed by atoms with Gasteiger partial charge >= 0.3 is 0 Å².